The number of anilines is 1. The molecular weight excluding hydrogens is 302 g/mol. The van der Waals surface area contributed by atoms with Gasteiger partial charge in [0.05, 0.1) is 0 Å². The second-order valence-corrected chi connectivity index (χ2v) is 6.06. The van der Waals surface area contributed by atoms with Crippen LogP contribution in [-0.2, 0) is 4.79 Å². The van der Waals surface area contributed by atoms with Crippen LogP contribution in [0.2, 0.25) is 0 Å². The fourth-order valence-corrected chi connectivity index (χ4v) is 3.17. The first-order valence-corrected chi connectivity index (χ1v) is 8.59. The highest BCUT2D eigenvalue weighted by atomic mass is 16.2. The molecule has 0 N–H and O–H groups in total. The average molecular weight is 329 g/mol. The van der Waals surface area contributed by atoms with Gasteiger partial charge in [-0.2, -0.15) is 0 Å². The Bertz CT molecular complexity index is 593. The normalized spacial score (nSPS) is 17.5. The van der Waals surface area contributed by atoms with Gasteiger partial charge in [-0.25, -0.2) is 0 Å². The van der Waals surface area contributed by atoms with E-state index in [-0.39, 0.29) is 17.9 Å². The van der Waals surface area contributed by atoms with Crippen molar-refractivity contribution in [1.82, 2.24) is 9.80 Å². The average Bonchev–Trinajstić information content (AvgIpc) is 2.62. The largest absolute Gasteiger partial charge is 0.372 e. The van der Waals surface area contributed by atoms with Crippen LogP contribution in [0.15, 0.2) is 36.9 Å². The number of hydrogen-bond donors (Lipinski definition) is 0. The van der Waals surface area contributed by atoms with Crippen molar-refractivity contribution in [2.45, 2.75) is 26.8 Å². The molecule has 0 radical (unpaired) electrons. The van der Waals surface area contributed by atoms with E-state index >= 15 is 0 Å². The first-order chi connectivity index (χ1) is 11.5. The van der Waals surface area contributed by atoms with Gasteiger partial charge in [-0.15, -0.1) is 0 Å². The van der Waals surface area contributed by atoms with Gasteiger partial charge in [0.1, 0.15) is 0 Å². The quantitative estimate of drug-likeness (QED) is 0.779. The smallest absolute Gasteiger partial charge is 0.253 e. The predicted molar refractivity (Wildman–Crippen MR) is 97.3 cm³/mol. The molecule has 5 heteroatoms. The molecular formula is C19H27N3O2. The maximum absolute atomic E-state index is 12.7. The van der Waals surface area contributed by atoms with E-state index in [0.717, 1.165) is 18.8 Å². The van der Waals surface area contributed by atoms with Gasteiger partial charge < -0.3 is 14.7 Å². The van der Waals surface area contributed by atoms with Gasteiger partial charge in [0, 0.05) is 50.0 Å². The Balaban J connectivity index is 2.04. The summed E-state index contributed by atoms with van der Waals surface area (Å²) < 4.78 is 0. The van der Waals surface area contributed by atoms with Crippen LogP contribution in [-0.4, -0.2) is 60.4 Å². The fraction of sp³-hybridized carbons (Fsp3) is 0.474. The van der Waals surface area contributed by atoms with Crippen molar-refractivity contribution in [1.29, 1.82) is 0 Å². The molecule has 130 valence electrons. The van der Waals surface area contributed by atoms with Crippen molar-refractivity contribution in [3.63, 3.8) is 0 Å². The molecule has 0 aliphatic carbocycles. The molecule has 0 saturated carbocycles. The zero-order chi connectivity index (χ0) is 17.7. The molecule has 1 heterocycles. The van der Waals surface area contributed by atoms with Crippen molar-refractivity contribution in [3.05, 3.63) is 42.5 Å². The van der Waals surface area contributed by atoms with E-state index in [9.17, 15) is 9.59 Å². The molecule has 0 aromatic heterocycles. The lowest BCUT2D eigenvalue weighted by Gasteiger charge is -2.39. The number of carbonyl (C=O) groups is 2. The number of nitrogens with zero attached hydrogens (tertiary/aromatic N) is 3. The summed E-state index contributed by atoms with van der Waals surface area (Å²) in [6.45, 7) is 13.3. The maximum atomic E-state index is 12.7. The number of rotatable bonds is 5. The van der Waals surface area contributed by atoms with Crippen LogP contribution in [0.25, 0.3) is 0 Å². The third-order valence-electron chi connectivity index (χ3n) is 4.62. The Hall–Kier alpha value is -2.30. The van der Waals surface area contributed by atoms with E-state index in [1.807, 2.05) is 36.1 Å². The minimum Gasteiger partial charge on any atom is -0.372 e. The number of benzene rings is 1. The summed E-state index contributed by atoms with van der Waals surface area (Å²) >= 11 is 0. The molecule has 1 fully saturated rings. The van der Waals surface area contributed by atoms with Gasteiger partial charge in [0.2, 0.25) is 5.91 Å². The Morgan fingerprint density at radius 3 is 2.33 bits per heavy atom. The topological polar surface area (TPSA) is 43.9 Å². The molecule has 5 nitrogen and oxygen atoms in total. The second-order valence-electron chi connectivity index (χ2n) is 6.06. The number of carbonyl (C=O) groups excluding carboxylic acids is 2. The minimum absolute atomic E-state index is 0.00291. The van der Waals surface area contributed by atoms with E-state index in [2.05, 4.69) is 25.3 Å². The van der Waals surface area contributed by atoms with Gasteiger partial charge in [-0.1, -0.05) is 6.58 Å². The summed E-state index contributed by atoms with van der Waals surface area (Å²) in [7, 11) is 0. The summed E-state index contributed by atoms with van der Waals surface area (Å²) in [5, 5.41) is 0. The van der Waals surface area contributed by atoms with Gasteiger partial charge >= 0.3 is 0 Å². The zero-order valence-electron chi connectivity index (χ0n) is 14.9. The van der Waals surface area contributed by atoms with E-state index in [4.69, 9.17) is 0 Å². The molecule has 1 aliphatic rings. The van der Waals surface area contributed by atoms with E-state index in [1.54, 1.807) is 4.90 Å². The standard InChI is InChI=1S/C19H27N3O2/c1-5-18(23)22-13-12-21(14-15(22)4)19(24)16-8-10-17(11-9-16)20(6-2)7-3/h5,8-11,15H,1,6-7,12-14H2,2-4H3/t15-/m1/s1. The lowest BCUT2D eigenvalue weighted by atomic mass is 10.1. The van der Waals surface area contributed by atoms with Gasteiger partial charge in [0.15, 0.2) is 0 Å². The van der Waals surface area contributed by atoms with Crippen LogP contribution in [0.3, 0.4) is 0 Å². The third-order valence-corrected chi connectivity index (χ3v) is 4.62. The number of amides is 2. The van der Waals surface area contributed by atoms with E-state index < -0.39 is 0 Å². The van der Waals surface area contributed by atoms with Gasteiger partial charge in [-0.05, 0) is 51.1 Å². The highest BCUT2D eigenvalue weighted by molar-refractivity contribution is 5.95. The summed E-state index contributed by atoms with van der Waals surface area (Å²) in [5.41, 5.74) is 1.83. The Morgan fingerprint density at radius 1 is 1.21 bits per heavy atom. The van der Waals surface area contributed by atoms with Crippen LogP contribution < -0.4 is 4.90 Å². The first-order valence-electron chi connectivity index (χ1n) is 8.59. The van der Waals surface area contributed by atoms with Gasteiger partial charge in [-0.3, -0.25) is 9.59 Å². The molecule has 0 spiro atoms. The van der Waals surface area contributed by atoms with Gasteiger partial charge in [0.25, 0.3) is 5.91 Å². The molecule has 0 bridgehead atoms. The molecule has 1 aromatic carbocycles. The lowest BCUT2D eigenvalue weighted by molar-refractivity contribution is -0.129. The SMILES string of the molecule is C=CC(=O)N1CCN(C(=O)c2ccc(N(CC)CC)cc2)C[C@H]1C. The number of piperazine rings is 1. The summed E-state index contributed by atoms with van der Waals surface area (Å²) in [6.07, 6.45) is 1.33. The van der Waals surface area contributed by atoms with Crippen LogP contribution in [0.1, 0.15) is 31.1 Å². The molecule has 24 heavy (non-hydrogen) atoms. The van der Waals surface area contributed by atoms with Crippen molar-refractivity contribution in [3.8, 4) is 0 Å². The second kappa shape index (κ2) is 7.99. The third kappa shape index (κ3) is 3.78. The highest BCUT2D eigenvalue weighted by Gasteiger charge is 2.29. The molecule has 2 rings (SSSR count). The maximum Gasteiger partial charge on any atom is 0.253 e. The lowest BCUT2D eigenvalue weighted by Crippen LogP contribution is -2.55. The molecule has 1 aliphatic heterocycles. The van der Waals surface area contributed by atoms with Crippen molar-refractivity contribution in [2.75, 3.05) is 37.6 Å². The van der Waals surface area contributed by atoms with Crippen LogP contribution in [0, 0.1) is 0 Å². The predicted octanol–water partition coefficient (Wildman–Crippen LogP) is 2.39. The summed E-state index contributed by atoms with van der Waals surface area (Å²) in [5.74, 6) is -0.0446. The molecule has 1 aromatic rings. The monoisotopic (exact) mass is 329 g/mol. The molecule has 1 saturated heterocycles. The van der Waals surface area contributed by atoms with E-state index in [0.29, 0.717) is 25.2 Å². The summed E-state index contributed by atoms with van der Waals surface area (Å²) in [6, 6.07) is 7.79. The molecule has 0 unspecified atom stereocenters. The minimum atomic E-state index is -0.0711. The number of hydrogen-bond acceptors (Lipinski definition) is 3. The Morgan fingerprint density at radius 2 is 1.83 bits per heavy atom. The summed E-state index contributed by atoms with van der Waals surface area (Å²) in [4.78, 5) is 30.3. The Labute approximate surface area is 144 Å². The zero-order valence-corrected chi connectivity index (χ0v) is 14.9. The highest BCUT2D eigenvalue weighted by Crippen LogP contribution is 2.18. The van der Waals surface area contributed by atoms with Crippen LogP contribution in [0.4, 0.5) is 5.69 Å². The van der Waals surface area contributed by atoms with Crippen LogP contribution in [0.5, 0.6) is 0 Å². The first kappa shape index (κ1) is 18.0. The molecule has 2 amide bonds. The van der Waals surface area contributed by atoms with Crippen molar-refractivity contribution >= 4 is 17.5 Å². The molecule has 1 atom stereocenters. The van der Waals surface area contributed by atoms with Crippen LogP contribution >= 0.6 is 0 Å². The van der Waals surface area contributed by atoms with Crippen molar-refractivity contribution in [2.24, 2.45) is 0 Å². The van der Waals surface area contributed by atoms with E-state index in [1.165, 1.54) is 6.08 Å². The Kier molecular flexibility index (Phi) is 6.01. The fourth-order valence-electron chi connectivity index (χ4n) is 3.17. The van der Waals surface area contributed by atoms with Crippen molar-refractivity contribution < 1.29 is 9.59 Å².